The zero-order chi connectivity index (χ0) is 15.9. The normalized spacial score (nSPS) is 15.0. The zero-order valence-electron chi connectivity index (χ0n) is 11.9. The van der Waals surface area contributed by atoms with Gasteiger partial charge in [-0.2, -0.15) is 22.1 Å². The summed E-state index contributed by atoms with van der Waals surface area (Å²) in [5.74, 6) is 1.37. The first-order chi connectivity index (χ1) is 10.6. The second-order valence-corrected chi connectivity index (χ2v) is 5.77. The molecule has 1 aliphatic heterocycles. The Morgan fingerprint density at radius 1 is 1.41 bits per heavy atom. The van der Waals surface area contributed by atoms with Crippen molar-refractivity contribution >= 4 is 34.9 Å². The number of nitrogens with one attached hydrogen (secondary N) is 2. The van der Waals surface area contributed by atoms with E-state index in [0.717, 1.165) is 24.6 Å². The number of nitrogens with zero attached hydrogens (tertiary/aromatic N) is 3. The number of carbonyl (C=O) groups is 1. The average molecular weight is 316 g/mol. The number of thioether (sulfide) groups is 1. The maximum atomic E-state index is 12.6. The average Bonchev–Trinajstić information content (AvgIpc) is 2.55. The quantitative estimate of drug-likeness (QED) is 0.437. The number of nitriles is 1. The fraction of sp³-hybridized carbons (Fsp3) is 0.286. The number of carbonyl (C=O) groups excluding carboxylic acids is 1. The Balaban J connectivity index is 2.21. The molecule has 7 nitrogen and oxygen atoms in total. The summed E-state index contributed by atoms with van der Waals surface area (Å²) in [4.78, 5) is 14.4. The van der Waals surface area contributed by atoms with E-state index < -0.39 is 5.84 Å². The third kappa shape index (κ3) is 3.77. The van der Waals surface area contributed by atoms with Crippen LogP contribution in [-0.2, 0) is 0 Å². The monoisotopic (exact) mass is 316 g/mol. The number of anilines is 1. The maximum absolute atomic E-state index is 12.6. The molecule has 4 N–H and O–H groups in total. The minimum Gasteiger partial charge on any atom is -0.382 e. The number of hydrazone groups is 1. The van der Waals surface area contributed by atoms with Gasteiger partial charge < -0.3 is 10.6 Å². The summed E-state index contributed by atoms with van der Waals surface area (Å²) in [5, 5.41) is 19.8. The molecule has 1 amide bonds. The van der Waals surface area contributed by atoms with Crippen molar-refractivity contribution in [1.82, 2.24) is 4.90 Å². The van der Waals surface area contributed by atoms with Crippen molar-refractivity contribution in [2.75, 3.05) is 30.0 Å². The molecular weight excluding hydrogens is 300 g/mol. The molecule has 1 heterocycles. The van der Waals surface area contributed by atoms with E-state index in [1.807, 2.05) is 11.8 Å². The van der Waals surface area contributed by atoms with E-state index >= 15 is 0 Å². The van der Waals surface area contributed by atoms with E-state index in [1.54, 1.807) is 35.2 Å². The number of hydrogen-bond donors (Lipinski definition) is 3. The van der Waals surface area contributed by atoms with Crippen LogP contribution >= 0.6 is 11.8 Å². The molecule has 2 rings (SSSR count). The lowest BCUT2D eigenvalue weighted by Crippen LogP contribution is -2.38. The molecule has 0 saturated carbocycles. The van der Waals surface area contributed by atoms with Crippen LogP contribution in [0, 0.1) is 16.7 Å². The van der Waals surface area contributed by atoms with Crippen LogP contribution in [0.15, 0.2) is 29.4 Å². The van der Waals surface area contributed by atoms with Crippen LogP contribution in [-0.4, -0.2) is 46.9 Å². The molecule has 1 saturated heterocycles. The third-order valence-corrected chi connectivity index (χ3v) is 4.05. The molecule has 8 heteroatoms. The molecule has 114 valence electrons. The number of para-hydroxylation sites is 1. The van der Waals surface area contributed by atoms with Gasteiger partial charge in [-0.3, -0.25) is 15.6 Å². The predicted molar refractivity (Wildman–Crippen MR) is 88.3 cm³/mol. The first kappa shape index (κ1) is 15.9. The van der Waals surface area contributed by atoms with Crippen molar-refractivity contribution in [2.45, 2.75) is 0 Å². The Morgan fingerprint density at radius 3 is 2.73 bits per heavy atom. The highest BCUT2D eigenvalue weighted by Crippen LogP contribution is 2.19. The van der Waals surface area contributed by atoms with Crippen molar-refractivity contribution in [2.24, 2.45) is 10.8 Å². The van der Waals surface area contributed by atoms with Gasteiger partial charge in [-0.05, 0) is 12.1 Å². The van der Waals surface area contributed by atoms with Gasteiger partial charge >= 0.3 is 0 Å². The van der Waals surface area contributed by atoms with Crippen molar-refractivity contribution in [3.8, 4) is 6.07 Å². The van der Waals surface area contributed by atoms with Crippen LogP contribution in [0.1, 0.15) is 10.4 Å². The fourth-order valence-corrected chi connectivity index (χ4v) is 2.87. The molecule has 0 radical (unpaired) electrons. The zero-order valence-corrected chi connectivity index (χ0v) is 12.7. The van der Waals surface area contributed by atoms with E-state index in [2.05, 4.69) is 10.5 Å². The molecule has 1 aromatic carbocycles. The molecule has 0 spiro atoms. The van der Waals surface area contributed by atoms with Gasteiger partial charge in [-0.1, -0.05) is 12.1 Å². The number of hydrogen-bond acceptors (Lipinski definition) is 6. The summed E-state index contributed by atoms with van der Waals surface area (Å²) in [6.07, 6.45) is 0. The molecule has 0 aromatic heterocycles. The highest BCUT2D eigenvalue weighted by atomic mass is 32.2. The highest BCUT2D eigenvalue weighted by molar-refractivity contribution is 7.99. The topological polar surface area (TPSA) is 118 Å². The van der Waals surface area contributed by atoms with E-state index in [-0.39, 0.29) is 11.6 Å². The maximum Gasteiger partial charge on any atom is 0.256 e. The molecule has 0 unspecified atom stereocenters. The minimum atomic E-state index is -0.424. The molecule has 22 heavy (non-hydrogen) atoms. The molecule has 0 bridgehead atoms. The summed E-state index contributed by atoms with van der Waals surface area (Å²) in [7, 11) is 0. The van der Waals surface area contributed by atoms with E-state index in [9.17, 15) is 4.79 Å². The minimum absolute atomic E-state index is 0.0695. The van der Waals surface area contributed by atoms with Gasteiger partial charge in [0.1, 0.15) is 6.07 Å². The first-order valence-electron chi connectivity index (χ1n) is 6.67. The standard InChI is InChI=1S/C14H16N6OS/c15-9-12(13(16)17)19-18-11-4-2-1-3-10(11)14(21)20-5-7-22-8-6-20/h1-4,18H,5-8H2,(H3,16,17)/b19-12+. The Kier molecular flexibility index (Phi) is 5.38. The van der Waals surface area contributed by atoms with Crippen LogP contribution in [0.5, 0.6) is 0 Å². The van der Waals surface area contributed by atoms with E-state index in [1.165, 1.54) is 0 Å². The number of nitrogens with two attached hydrogens (primary N) is 1. The predicted octanol–water partition coefficient (Wildman–Crippen LogP) is 1.10. The summed E-state index contributed by atoms with van der Waals surface area (Å²) >= 11 is 1.83. The van der Waals surface area contributed by atoms with Crippen molar-refractivity contribution < 1.29 is 4.79 Å². The largest absolute Gasteiger partial charge is 0.382 e. The van der Waals surface area contributed by atoms with Gasteiger partial charge in [-0.15, -0.1) is 0 Å². The Labute approximate surface area is 132 Å². The lowest BCUT2D eigenvalue weighted by Gasteiger charge is -2.27. The highest BCUT2D eigenvalue weighted by Gasteiger charge is 2.20. The molecule has 0 atom stereocenters. The number of amides is 1. The Hall–Kier alpha value is -2.53. The van der Waals surface area contributed by atoms with Gasteiger partial charge in [0.25, 0.3) is 5.91 Å². The van der Waals surface area contributed by atoms with Crippen LogP contribution in [0.3, 0.4) is 0 Å². The van der Waals surface area contributed by atoms with E-state index in [4.69, 9.17) is 16.4 Å². The molecular formula is C14H16N6OS. The van der Waals surface area contributed by atoms with Crippen LogP contribution < -0.4 is 11.2 Å². The van der Waals surface area contributed by atoms with Crippen molar-refractivity contribution in [3.05, 3.63) is 29.8 Å². The van der Waals surface area contributed by atoms with Gasteiger partial charge in [0, 0.05) is 24.6 Å². The number of rotatable bonds is 4. The van der Waals surface area contributed by atoms with Crippen molar-refractivity contribution in [3.63, 3.8) is 0 Å². The van der Waals surface area contributed by atoms with Crippen LogP contribution in [0.4, 0.5) is 5.69 Å². The lowest BCUT2D eigenvalue weighted by molar-refractivity contribution is 0.0773. The van der Waals surface area contributed by atoms with Gasteiger partial charge in [-0.25, -0.2) is 0 Å². The van der Waals surface area contributed by atoms with Crippen molar-refractivity contribution in [1.29, 1.82) is 10.7 Å². The number of benzene rings is 1. The third-order valence-electron chi connectivity index (χ3n) is 3.10. The molecule has 1 aliphatic rings. The number of amidine groups is 1. The van der Waals surface area contributed by atoms with Gasteiger partial charge in [0.15, 0.2) is 5.84 Å². The first-order valence-corrected chi connectivity index (χ1v) is 7.83. The summed E-state index contributed by atoms with van der Waals surface area (Å²) in [5.41, 5.74) is 8.64. The molecule has 0 aliphatic carbocycles. The van der Waals surface area contributed by atoms with Crippen LogP contribution in [0.2, 0.25) is 0 Å². The molecule has 1 aromatic rings. The molecule has 1 fully saturated rings. The van der Waals surface area contributed by atoms with E-state index in [0.29, 0.717) is 11.3 Å². The van der Waals surface area contributed by atoms with Gasteiger partial charge in [0.2, 0.25) is 5.71 Å². The summed E-state index contributed by atoms with van der Waals surface area (Å²) in [6, 6.07) is 8.67. The lowest BCUT2D eigenvalue weighted by atomic mass is 10.1. The SMILES string of the molecule is N#C/C(=N\Nc1ccccc1C(=O)N1CCSCC1)C(=N)N. The van der Waals surface area contributed by atoms with Crippen LogP contribution in [0.25, 0.3) is 0 Å². The smallest absolute Gasteiger partial charge is 0.256 e. The Morgan fingerprint density at radius 2 is 2.09 bits per heavy atom. The Bertz CT molecular complexity index is 645. The fourth-order valence-electron chi connectivity index (χ4n) is 1.97. The summed E-state index contributed by atoms with van der Waals surface area (Å²) in [6.45, 7) is 1.44. The van der Waals surface area contributed by atoms with Gasteiger partial charge in [0.05, 0.1) is 11.3 Å². The second kappa shape index (κ2) is 7.47. The summed E-state index contributed by atoms with van der Waals surface area (Å²) < 4.78 is 0. The second-order valence-electron chi connectivity index (χ2n) is 4.55.